The number of guanidine groups is 1. The lowest BCUT2D eigenvalue weighted by Crippen LogP contribution is -2.41. The minimum absolute atomic E-state index is 0. The third-order valence-electron chi connectivity index (χ3n) is 6.48. The molecule has 182 valence electrons. The Kier molecular flexibility index (Phi) is 9.53. The largest absolute Gasteiger partial charge is 0.373 e. The number of nitrogens with zero attached hydrogens (tertiary/aromatic N) is 3. The molecule has 2 aromatic carbocycles. The standard InChI is InChI=1S/C27H35N5O.HI/c1-19-12-14-22(15-13-19)26-23(9-8-16-33-26)17-29-27(28-4)30-18-25-20(2)31-32(21(25)3)24-10-6-5-7-11-24;/h5-7,10-15,23,26H,8-9,16-18H2,1-4H3,(H2,28,29,30);1H. The lowest BCUT2D eigenvalue weighted by atomic mass is 9.89. The van der Waals surface area contributed by atoms with Gasteiger partial charge in [0.2, 0.25) is 0 Å². The van der Waals surface area contributed by atoms with E-state index in [4.69, 9.17) is 9.84 Å². The molecule has 0 aliphatic carbocycles. The van der Waals surface area contributed by atoms with Gasteiger partial charge < -0.3 is 15.4 Å². The SMILES string of the molecule is CN=C(NCc1c(C)nn(-c2ccccc2)c1C)NCC1CCCOC1c1ccc(C)cc1.I. The van der Waals surface area contributed by atoms with Crippen molar-refractivity contribution in [3.8, 4) is 5.69 Å². The van der Waals surface area contributed by atoms with Gasteiger partial charge in [-0.05, 0) is 51.3 Å². The van der Waals surface area contributed by atoms with Crippen LogP contribution >= 0.6 is 24.0 Å². The number of nitrogens with one attached hydrogen (secondary N) is 2. The Labute approximate surface area is 220 Å². The summed E-state index contributed by atoms with van der Waals surface area (Å²) in [7, 11) is 1.82. The van der Waals surface area contributed by atoms with Gasteiger partial charge in [-0.2, -0.15) is 5.10 Å². The first-order chi connectivity index (χ1) is 16.1. The Morgan fingerprint density at radius 1 is 1.06 bits per heavy atom. The molecule has 3 aromatic rings. The predicted molar refractivity (Wildman–Crippen MR) is 149 cm³/mol. The van der Waals surface area contributed by atoms with Crippen LogP contribution in [0.3, 0.4) is 0 Å². The van der Waals surface area contributed by atoms with Crippen molar-refractivity contribution in [1.29, 1.82) is 0 Å². The van der Waals surface area contributed by atoms with Crippen LogP contribution in [0.5, 0.6) is 0 Å². The maximum absolute atomic E-state index is 6.18. The minimum Gasteiger partial charge on any atom is -0.373 e. The van der Waals surface area contributed by atoms with E-state index in [0.29, 0.717) is 12.5 Å². The number of aromatic nitrogens is 2. The molecule has 1 aliphatic rings. The Balaban J connectivity index is 0.00000324. The van der Waals surface area contributed by atoms with Gasteiger partial charge in [0.25, 0.3) is 0 Å². The van der Waals surface area contributed by atoms with Crippen molar-refractivity contribution in [2.75, 3.05) is 20.2 Å². The van der Waals surface area contributed by atoms with Gasteiger partial charge in [-0.1, -0.05) is 48.0 Å². The predicted octanol–water partition coefficient (Wildman–Crippen LogP) is 5.25. The highest BCUT2D eigenvalue weighted by molar-refractivity contribution is 14.0. The summed E-state index contributed by atoms with van der Waals surface area (Å²) < 4.78 is 8.18. The number of benzene rings is 2. The fourth-order valence-electron chi connectivity index (χ4n) is 4.55. The lowest BCUT2D eigenvalue weighted by Gasteiger charge is -2.32. The van der Waals surface area contributed by atoms with E-state index in [1.165, 1.54) is 16.7 Å². The highest BCUT2D eigenvalue weighted by Gasteiger charge is 2.27. The number of hydrogen-bond acceptors (Lipinski definition) is 3. The molecular formula is C27H36IN5O. The minimum atomic E-state index is 0. The topological polar surface area (TPSA) is 63.5 Å². The van der Waals surface area contributed by atoms with Crippen LogP contribution in [-0.2, 0) is 11.3 Å². The number of halogens is 1. The molecule has 2 heterocycles. The number of aliphatic imine (C=N–C) groups is 1. The van der Waals surface area contributed by atoms with Crippen LogP contribution in [0.4, 0.5) is 0 Å². The summed E-state index contributed by atoms with van der Waals surface area (Å²) >= 11 is 0. The summed E-state index contributed by atoms with van der Waals surface area (Å²) in [5, 5.41) is 11.8. The first-order valence-electron chi connectivity index (χ1n) is 11.8. The number of rotatable bonds is 6. The molecule has 34 heavy (non-hydrogen) atoms. The molecule has 4 rings (SSSR count). The van der Waals surface area contributed by atoms with Crippen molar-refractivity contribution in [2.24, 2.45) is 10.9 Å². The van der Waals surface area contributed by atoms with Crippen LogP contribution in [0.2, 0.25) is 0 Å². The van der Waals surface area contributed by atoms with Gasteiger partial charge in [-0.3, -0.25) is 4.99 Å². The smallest absolute Gasteiger partial charge is 0.191 e. The van der Waals surface area contributed by atoms with Crippen LogP contribution in [0.1, 0.15) is 47.0 Å². The van der Waals surface area contributed by atoms with Crippen molar-refractivity contribution < 1.29 is 4.74 Å². The van der Waals surface area contributed by atoms with Crippen LogP contribution in [0.25, 0.3) is 5.69 Å². The van der Waals surface area contributed by atoms with Crippen LogP contribution in [-0.4, -0.2) is 35.9 Å². The molecule has 1 saturated heterocycles. The van der Waals surface area contributed by atoms with Gasteiger partial charge in [0.1, 0.15) is 0 Å². The van der Waals surface area contributed by atoms with E-state index in [2.05, 4.69) is 72.8 Å². The van der Waals surface area contributed by atoms with Crippen LogP contribution in [0, 0.1) is 26.7 Å². The molecule has 0 spiro atoms. The van der Waals surface area contributed by atoms with Gasteiger partial charge in [0.05, 0.1) is 17.5 Å². The van der Waals surface area contributed by atoms with Crippen molar-refractivity contribution >= 4 is 29.9 Å². The van der Waals surface area contributed by atoms with Gasteiger partial charge in [0.15, 0.2) is 5.96 Å². The first-order valence-corrected chi connectivity index (χ1v) is 11.8. The van der Waals surface area contributed by atoms with Crippen molar-refractivity contribution in [1.82, 2.24) is 20.4 Å². The summed E-state index contributed by atoms with van der Waals surface area (Å²) in [6.07, 6.45) is 2.36. The normalized spacial score (nSPS) is 18.3. The zero-order valence-electron chi connectivity index (χ0n) is 20.5. The molecule has 0 radical (unpaired) electrons. The molecule has 2 unspecified atom stereocenters. The summed E-state index contributed by atoms with van der Waals surface area (Å²) in [5.74, 6) is 1.21. The van der Waals surface area contributed by atoms with Gasteiger partial charge >= 0.3 is 0 Å². The maximum Gasteiger partial charge on any atom is 0.191 e. The third kappa shape index (κ3) is 6.18. The van der Waals surface area contributed by atoms with Crippen LogP contribution in [0.15, 0.2) is 59.6 Å². The molecule has 0 saturated carbocycles. The lowest BCUT2D eigenvalue weighted by molar-refractivity contribution is -0.0265. The van der Waals surface area contributed by atoms with Crippen molar-refractivity contribution in [3.63, 3.8) is 0 Å². The van der Waals surface area contributed by atoms with Crippen molar-refractivity contribution in [2.45, 2.75) is 46.3 Å². The third-order valence-corrected chi connectivity index (χ3v) is 6.48. The quantitative estimate of drug-likeness (QED) is 0.240. The Hall–Kier alpha value is -2.39. The number of aryl methyl sites for hydroxylation is 2. The second-order valence-electron chi connectivity index (χ2n) is 8.81. The van der Waals surface area contributed by atoms with E-state index in [0.717, 1.165) is 49.0 Å². The molecule has 1 aromatic heterocycles. The molecule has 0 bridgehead atoms. The Morgan fingerprint density at radius 3 is 2.50 bits per heavy atom. The van der Waals surface area contributed by atoms with Crippen molar-refractivity contribution in [3.05, 3.63) is 82.7 Å². The van der Waals surface area contributed by atoms with E-state index in [1.54, 1.807) is 0 Å². The van der Waals surface area contributed by atoms with E-state index in [-0.39, 0.29) is 30.1 Å². The average molecular weight is 574 g/mol. The van der Waals surface area contributed by atoms with Gasteiger partial charge in [-0.15, -0.1) is 24.0 Å². The summed E-state index contributed by atoms with van der Waals surface area (Å²) in [6.45, 7) is 8.61. The van der Waals surface area contributed by atoms with E-state index < -0.39 is 0 Å². The molecule has 2 atom stereocenters. The molecule has 7 heteroatoms. The summed E-state index contributed by atoms with van der Waals surface area (Å²) in [6, 6.07) is 19.0. The monoisotopic (exact) mass is 573 g/mol. The number of para-hydroxylation sites is 1. The average Bonchev–Trinajstić information content (AvgIpc) is 3.14. The second-order valence-corrected chi connectivity index (χ2v) is 8.81. The fraction of sp³-hybridized carbons (Fsp3) is 0.407. The zero-order valence-corrected chi connectivity index (χ0v) is 22.9. The molecule has 0 amide bonds. The second kappa shape index (κ2) is 12.4. The molecule has 1 aliphatic heterocycles. The van der Waals surface area contributed by atoms with E-state index >= 15 is 0 Å². The summed E-state index contributed by atoms with van der Waals surface area (Å²) in [4.78, 5) is 4.45. The fourth-order valence-corrected chi connectivity index (χ4v) is 4.55. The zero-order chi connectivity index (χ0) is 23.2. The summed E-state index contributed by atoms with van der Waals surface area (Å²) in [5.41, 5.74) is 6.97. The molecule has 6 nitrogen and oxygen atoms in total. The Bertz CT molecular complexity index is 1080. The number of ether oxygens (including phenoxy) is 1. The van der Waals surface area contributed by atoms with E-state index in [1.807, 2.05) is 29.9 Å². The van der Waals surface area contributed by atoms with Crippen LogP contribution < -0.4 is 10.6 Å². The van der Waals surface area contributed by atoms with Gasteiger partial charge in [-0.25, -0.2) is 4.68 Å². The molecular weight excluding hydrogens is 537 g/mol. The first kappa shape index (κ1) is 26.2. The highest BCUT2D eigenvalue weighted by Crippen LogP contribution is 2.33. The maximum atomic E-state index is 6.18. The Morgan fingerprint density at radius 2 is 1.79 bits per heavy atom. The van der Waals surface area contributed by atoms with Gasteiger partial charge in [0, 0.05) is 43.9 Å². The molecule has 1 fully saturated rings. The highest BCUT2D eigenvalue weighted by atomic mass is 127. The van der Waals surface area contributed by atoms with E-state index in [9.17, 15) is 0 Å². The molecule has 2 N–H and O–H groups in total. The number of hydrogen-bond donors (Lipinski definition) is 2.